The van der Waals surface area contributed by atoms with E-state index in [2.05, 4.69) is 5.87 Å². The van der Waals surface area contributed by atoms with Crippen molar-refractivity contribution in [2.24, 2.45) is 0 Å². The van der Waals surface area contributed by atoms with Crippen LogP contribution in [0.2, 0.25) is 0 Å². The van der Waals surface area contributed by atoms with Gasteiger partial charge >= 0.3 is 0 Å². The zero-order chi connectivity index (χ0) is 10.3. The number of benzene rings is 1. The SMILES string of the molecule is C=S1(=O)C=Cc2ccc([N+](=O)[O-])cc21. The molecule has 72 valence electrons. The number of nitro groups is 1. The zero-order valence-corrected chi connectivity index (χ0v) is 7.99. The summed E-state index contributed by atoms with van der Waals surface area (Å²) in [6.07, 6.45) is 1.67. The Bertz CT molecular complexity index is 543. The predicted molar refractivity (Wildman–Crippen MR) is 55.7 cm³/mol. The molecule has 0 saturated heterocycles. The fraction of sp³-hybridized carbons (Fsp3) is 0. The molecule has 0 N–H and O–H groups in total. The van der Waals surface area contributed by atoms with Gasteiger partial charge in [0.15, 0.2) is 0 Å². The van der Waals surface area contributed by atoms with Crippen molar-refractivity contribution in [1.82, 2.24) is 0 Å². The van der Waals surface area contributed by atoms with Gasteiger partial charge in [-0.1, -0.05) is 0 Å². The van der Waals surface area contributed by atoms with Gasteiger partial charge in [0.1, 0.15) is 0 Å². The number of non-ortho nitro benzene ring substituents is 1. The second-order valence-electron chi connectivity index (χ2n) is 3.01. The lowest BCUT2D eigenvalue weighted by atomic mass is 10.2. The minimum absolute atomic E-state index is 0.0520. The van der Waals surface area contributed by atoms with E-state index in [0.717, 1.165) is 5.56 Å². The van der Waals surface area contributed by atoms with Crippen molar-refractivity contribution in [3.05, 3.63) is 39.3 Å². The van der Waals surface area contributed by atoms with Crippen molar-refractivity contribution >= 4 is 27.2 Å². The van der Waals surface area contributed by atoms with Gasteiger partial charge in [-0.25, -0.2) is 0 Å². The summed E-state index contributed by atoms with van der Waals surface area (Å²) in [7, 11) is -2.45. The Morgan fingerprint density at radius 1 is 1.43 bits per heavy atom. The van der Waals surface area contributed by atoms with Gasteiger partial charge in [-0.05, 0) is 29.0 Å². The van der Waals surface area contributed by atoms with Gasteiger partial charge in [0, 0.05) is 26.5 Å². The van der Waals surface area contributed by atoms with Crippen LogP contribution in [0.3, 0.4) is 0 Å². The van der Waals surface area contributed by atoms with Crippen LogP contribution >= 0.6 is 0 Å². The molecule has 1 unspecified atom stereocenters. The molecule has 0 spiro atoms. The normalized spacial score (nSPS) is 23.4. The van der Waals surface area contributed by atoms with Crippen LogP contribution in [-0.2, 0) is 9.52 Å². The Hall–Kier alpha value is -1.62. The summed E-state index contributed by atoms with van der Waals surface area (Å²) in [6.45, 7) is 0. The number of hydrogen-bond acceptors (Lipinski definition) is 3. The lowest BCUT2D eigenvalue weighted by molar-refractivity contribution is -0.385. The molecule has 0 fully saturated rings. The van der Waals surface area contributed by atoms with Gasteiger partial charge in [0.25, 0.3) is 5.69 Å². The Labute approximate surface area is 81.0 Å². The maximum atomic E-state index is 11.8. The van der Waals surface area contributed by atoms with Crippen molar-refractivity contribution in [2.45, 2.75) is 4.90 Å². The van der Waals surface area contributed by atoms with E-state index in [1.54, 1.807) is 12.1 Å². The van der Waals surface area contributed by atoms with Gasteiger partial charge in [0.2, 0.25) is 0 Å². The van der Waals surface area contributed by atoms with Crippen LogP contribution in [0.1, 0.15) is 5.56 Å². The number of rotatable bonds is 1. The first-order valence-corrected chi connectivity index (χ1v) is 5.63. The van der Waals surface area contributed by atoms with Crippen LogP contribution in [0, 0.1) is 10.1 Å². The quantitative estimate of drug-likeness (QED) is 0.401. The van der Waals surface area contributed by atoms with Crippen molar-refractivity contribution in [2.75, 3.05) is 0 Å². The molecular weight excluding hydrogens is 202 g/mol. The smallest absolute Gasteiger partial charge is 0.259 e. The first-order chi connectivity index (χ1) is 6.50. The summed E-state index contributed by atoms with van der Waals surface area (Å²) in [5.41, 5.74) is 0.694. The molecule has 1 aromatic rings. The minimum Gasteiger partial charge on any atom is -0.259 e. The Morgan fingerprint density at radius 2 is 2.14 bits per heavy atom. The Kier molecular flexibility index (Phi) is 1.72. The molecule has 2 rings (SSSR count). The highest BCUT2D eigenvalue weighted by Gasteiger charge is 2.18. The molecule has 4 nitrogen and oxygen atoms in total. The van der Waals surface area contributed by atoms with Crippen molar-refractivity contribution in [3.63, 3.8) is 0 Å². The van der Waals surface area contributed by atoms with Crippen molar-refractivity contribution < 1.29 is 9.13 Å². The first kappa shape index (κ1) is 8.96. The third kappa shape index (κ3) is 1.22. The van der Waals surface area contributed by atoms with E-state index in [1.807, 2.05) is 0 Å². The number of fused-ring (bicyclic) bond motifs is 1. The average Bonchev–Trinajstić information content (AvgIpc) is 2.42. The third-order valence-corrected chi connectivity index (χ3v) is 3.72. The third-order valence-electron chi connectivity index (χ3n) is 2.05. The van der Waals surface area contributed by atoms with Gasteiger partial charge in [-0.2, -0.15) is 0 Å². The van der Waals surface area contributed by atoms with E-state index in [-0.39, 0.29) is 5.69 Å². The molecule has 0 aromatic heterocycles. The summed E-state index contributed by atoms with van der Waals surface area (Å²) in [5.74, 6) is 3.53. The predicted octanol–water partition coefficient (Wildman–Crippen LogP) is 1.65. The van der Waals surface area contributed by atoms with Crippen molar-refractivity contribution in [3.8, 4) is 0 Å². The molecule has 5 heteroatoms. The molecule has 0 radical (unpaired) electrons. The van der Waals surface area contributed by atoms with Crippen LogP contribution in [0.4, 0.5) is 5.69 Å². The number of hydrogen-bond donors (Lipinski definition) is 0. The zero-order valence-electron chi connectivity index (χ0n) is 7.17. The van der Waals surface area contributed by atoms with E-state index < -0.39 is 14.4 Å². The van der Waals surface area contributed by atoms with Crippen LogP contribution in [-0.4, -0.2) is 15.0 Å². The maximum Gasteiger partial charge on any atom is 0.270 e. The molecule has 0 saturated carbocycles. The summed E-state index contributed by atoms with van der Waals surface area (Å²) in [6, 6.07) is 4.30. The molecular formula is C9H7NO3S. The lowest BCUT2D eigenvalue weighted by Crippen LogP contribution is -1.95. The van der Waals surface area contributed by atoms with Crippen LogP contribution in [0.5, 0.6) is 0 Å². The van der Waals surface area contributed by atoms with Crippen LogP contribution in [0.15, 0.2) is 28.5 Å². The standard InChI is InChI=1S/C9H7NO3S/c1-14(13)5-4-7-2-3-8(10(11)12)6-9(7)14/h2-6H,1H2. The summed E-state index contributed by atoms with van der Waals surface area (Å²) < 4.78 is 11.8. The van der Waals surface area contributed by atoms with Crippen LogP contribution in [0.25, 0.3) is 6.08 Å². The van der Waals surface area contributed by atoms with E-state index in [0.29, 0.717) is 4.90 Å². The maximum absolute atomic E-state index is 11.8. The first-order valence-electron chi connectivity index (χ1n) is 3.84. The molecule has 14 heavy (non-hydrogen) atoms. The highest BCUT2D eigenvalue weighted by atomic mass is 32.2. The topological polar surface area (TPSA) is 60.2 Å². The molecule has 0 aliphatic carbocycles. The van der Waals surface area contributed by atoms with E-state index >= 15 is 0 Å². The Balaban J connectivity index is 2.69. The number of nitro benzene ring substituents is 1. The molecule has 1 aromatic carbocycles. The van der Waals surface area contributed by atoms with Gasteiger partial charge in [0.05, 0.1) is 4.92 Å². The molecule has 1 atom stereocenters. The molecule has 1 heterocycles. The molecule has 1 aliphatic rings. The van der Waals surface area contributed by atoms with Gasteiger partial charge in [-0.3, -0.25) is 14.3 Å². The highest BCUT2D eigenvalue weighted by molar-refractivity contribution is 8.03. The van der Waals surface area contributed by atoms with Crippen molar-refractivity contribution in [1.29, 1.82) is 0 Å². The second kappa shape index (κ2) is 2.68. The van der Waals surface area contributed by atoms with E-state index in [4.69, 9.17) is 0 Å². The monoisotopic (exact) mass is 209 g/mol. The average molecular weight is 209 g/mol. The summed E-state index contributed by atoms with van der Waals surface area (Å²) in [4.78, 5) is 10.4. The Morgan fingerprint density at radius 3 is 2.79 bits per heavy atom. The fourth-order valence-corrected chi connectivity index (χ4v) is 2.70. The fourth-order valence-electron chi connectivity index (χ4n) is 1.33. The minimum atomic E-state index is -2.45. The number of nitrogens with zero attached hydrogens (tertiary/aromatic N) is 1. The summed E-state index contributed by atoms with van der Waals surface area (Å²) >= 11 is 0. The van der Waals surface area contributed by atoms with E-state index in [1.165, 1.54) is 17.5 Å². The van der Waals surface area contributed by atoms with Gasteiger partial charge in [-0.15, -0.1) is 0 Å². The second-order valence-corrected chi connectivity index (χ2v) is 5.17. The van der Waals surface area contributed by atoms with Crippen LogP contribution < -0.4 is 0 Å². The highest BCUT2D eigenvalue weighted by Crippen LogP contribution is 2.29. The molecule has 1 aliphatic heterocycles. The van der Waals surface area contributed by atoms with E-state index in [9.17, 15) is 14.3 Å². The van der Waals surface area contributed by atoms with Gasteiger partial charge < -0.3 is 0 Å². The summed E-state index contributed by atoms with van der Waals surface area (Å²) in [5, 5.41) is 12.0. The molecule has 0 bridgehead atoms. The largest absolute Gasteiger partial charge is 0.270 e. The lowest BCUT2D eigenvalue weighted by Gasteiger charge is -2.00. The molecule has 0 amide bonds.